The minimum absolute atomic E-state index is 0.0945. The highest BCUT2D eigenvalue weighted by molar-refractivity contribution is 5.81. The molecule has 2 aliphatic heterocycles. The molecule has 2 aliphatic rings. The standard InChI is InChI=1S/C20H24N4O3/c1-2-27-18(25)14-21-19(26)23-12-9-20(10-13-23)17-8-5-11-24(17)16-7-4-3-6-15(16)22-20/h3-8,11,22H,2,9-10,12-14H2,1H3,(H,21,26). The molecule has 1 saturated heterocycles. The summed E-state index contributed by atoms with van der Waals surface area (Å²) < 4.78 is 7.09. The summed E-state index contributed by atoms with van der Waals surface area (Å²) in [5.41, 5.74) is 3.31. The number of aromatic nitrogens is 1. The van der Waals surface area contributed by atoms with Crippen LogP contribution in [0.5, 0.6) is 0 Å². The molecular weight excluding hydrogens is 344 g/mol. The Bertz CT molecular complexity index is 852. The number of hydrogen-bond acceptors (Lipinski definition) is 4. The number of fused-ring (bicyclic) bond motifs is 4. The molecule has 2 amide bonds. The van der Waals surface area contributed by atoms with Crippen molar-refractivity contribution in [3.63, 3.8) is 0 Å². The van der Waals surface area contributed by atoms with E-state index >= 15 is 0 Å². The highest BCUT2D eigenvalue weighted by Crippen LogP contribution is 2.43. The predicted octanol–water partition coefficient (Wildman–Crippen LogP) is 2.47. The number of rotatable bonds is 3. The van der Waals surface area contributed by atoms with Crippen LogP contribution in [0.25, 0.3) is 5.69 Å². The number of nitrogens with zero attached hydrogens (tertiary/aromatic N) is 2. The third-order valence-electron chi connectivity index (χ3n) is 5.37. The van der Waals surface area contributed by atoms with Gasteiger partial charge in [-0.2, -0.15) is 0 Å². The van der Waals surface area contributed by atoms with Crippen LogP contribution in [0.4, 0.5) is 10.5 Å². The van der Waals surface area contributed by atoms with E-state index in [1.54, 1.807) is 11.8 Å². The first-order chi connectivity index (χ1) is 13.1. The van der Waals surface area contributed by atoms with Crippen molar-refractivity contribution >= 4 is 17.7 Å². The van der Waals surface area contributed by atoms with Gasteiger partial charge in [0.15, 0.2) is 0 Å². The van der Waals surface area contributed by atoms with Gasteiger partial charge in [-0.05, 0) is 44.0 Å². The SMILES string of the molecule is CCOC(=O)CNC(=O)N1CCC2(CC1)Nc1ccccc1-n1cccc12. The molecule has 2 N–H and O–H groups in total. The lowest BCUT2D eigenvalue weighted by Crippen LogP contribution is -2.53. The minimum atomic E-state index is -0.414. The Morgan fingerprint density at radius 3 is 2.74 bits per heavy atom. The number of urea groups is 1. The quantitative estimate of drug-likeness (QED) is 0.816. The maximum absolute atomic E-state index is 12.4. The number of hydrogen-bond donors (Lipinski definition) is 2. The Hall–Kier alpha value is -2.96. The number of esters is 1. The summed E-state index contributed by atoms with van der Waals surface area (Å²) in [5, 5.41) is 6.37. The van der Waals surface area contributed by atoms with E-state index in [-0.39, 0.29) is 18.1 Å². The third-order valence-corrected chi connectivity index (χ3v) is 5.37. The summed E-state index contributed by atoms with van der Waals surface area (Å²) in [7, 11) is 0. The van der Waals surface area contributed by atoms with Gasteiger partial charge in [0.2, 0.25) is 0 Å². The second kappa shape index (κ2) is 6.98. The fourth-order valence-electron chi connectivity index (χ4n) is 4.04. The number of carbonyl (C=O) groups is 2. The molecule has 7 nitrogen and oxygen atoms in total. The Balaban J connectivity index is 1.45. The normalized spacial score (nSPS) is 16.9. The molecule has 3 heterocycles. The maximum Gasteiger partial charge on any atom is 0.325 e. The molecule has 1 spiro atoms. The number of ether oxygens (including phenoxy) is 1. The fourth-order valence-corrected chi connectivity index (χ4v) is 4.04. The summed E-state index contributed by atoms with van der Waals surface area (Å²) in [6.45, 7) is 3.20. The highest BCUT2D eigenvalue weighted by atomic mass is 16.5. The third kappa shape index (κ3) is 3.13. The molecule has 4 rings (SSSR count). The van der Waals surface area contributed by atoms with Gasteiger partial charge in [-0.25, -0.2) is 4.79 Å². The fraction of sp³-hybridized carbons (Fsp3) is 0.400. The number of nitrogens with one attached hydrogen (secondary N) is 2. The van der Waals surface area contributed by atoms with Gasteiger partial charge >= 0.3 is 12.0 Å². The molecule has 27 heavy (non-hydrogen) atoms. The molecule has 0 saturated carbocycles. The van der Waals surface area contributed by atoms with Gasteiger partial charge < -0.3 is 24.8 Å². The molecule has 1 aromatic carbocycles. The maximum atomic E-state index is 12.4. The zero-order chi connectivity index (χ0) is 18.9. The van der Waals surface area contributed by atoms with E-state index in [0.717, 1.165) is 24.2 Å². The van der Waals surface area contributed by atoms with E-state index in [9.17, 15) is 9.59 Å². The minimum Gasteiger partial charge on any atom is -0.465 e. The molecule has 142 valence electrons. The number of piperidine rings is 1. The summed E-state index contributed by atoms with van der Waals surface area (Å²) in [6.07, 6.45) is 3.70. The molecular formula is C20H24N4O3. The van der Waals surface area contributed by atoms with Gasteiger partial charge in [0.1, 0.15) is 6.54 Å². The Morgan fingerprint density at radius 2 is 1.96 bits per heavy atom. The van der Waals surface area contributed by atoms with Crippen molar-refractivity contribution in [1.82, 2.24) is 14.8 Å². The van der Waals surface area contributed by atoms with Gasteiger partial charge in [-0.15, -0.1) is 0 Å². The van der Waals surface area contributed by atoms with Crippen LogP contribution in [-0.4, -0.2) is 47.7 Å². The second-order valence-corrected chi connectivity index (χ2v) is 6.94. The predicted molar refractivity (Wildman–Crippen MR) is 102 cm³/mol. The van der Waals surface area contributed by atoms with Crippen LogP contribution < -0.4 is 10.6 Å². The van der Waals surface area contributed by atoms with Crippen molar-refractivity contribution in [2.24, 2.45) is 0 Å². The summed E-state index contributed by atoms with van der Waals surface area (Å²) in [5.74, 6) is -0.414. The molecule has 2 aromatic rings. The van der Waals surface area contributed by atoms with Crippen molar-refractivity contribution in [3.05, 3.63) is 48.3 Å². The largest absolute Gasteiger partial charge is 0.465 e. The number of anilines is 1. The Labute approximate surface area is 158 Å². The first-order valence-corrected chi connectivity index (χ1v) is 9.37. The van der Waals surface area contributed by atoms with Gasteiger partial charge in [-0.3, -0.25) is 4.79 Å². The van der Waals surface area contributed by atoms with Crippen molar-refractivity contribution in [2.45, 2.75) is 25.3 Å². The number of amides is 2. The average Bonchev–Trinajstić information content (AvgIpc) is 3.18. The van der Waals surface area contributed by atoms with E-state index in [1.165, 1.54) is 5.69 Å². The zero-order valence-electron chi connectivity index (χ0n) is 15.4. The Morgan fingerprint density at radius 1 is 1.19 bits per heavy atom. The first-order valence-electron chi connectivity index (χ1n) is 9.37. The number of benzene rings is 1. The van der Waals surface area contributed by atoms with Crippen LogP contribution in [-0.2, 0) is 15.1 Å². The van der Waals surface area contributed by atoms with E-state index in [1.807, 2.05) is 12.1 Å². The topological polar surface area (TPSA) is 75.6 Å². The monoisotopic (exact) mass is 368 g/mol. The van der Waals surface area contributed by atoms with Crippen LogP contribution in [0.2, 0.25) is 0 Å². The van der Waals surface area contributed by atoms with Gasteiger partial charge in [-0.1, -0.05) is 12.1 Å². The average molecular weight is 368 g/mol. The lowest BCUT2D eigenvalue weighted by molar-refractivity contribution is -0.141. The number of likely N-dealkylation sites (tertiary alicyclic amines) is 1. The lowest BCUT2D eigenvalue weighted by Gasteiger charge is -2.46. The van der Waals surface area contributed by atoms with Crippen LogP contribution in [0.1, 0.15) is 25.5 Å². The van der Waals surface area contributed by atoms with Crippen LogP contribution in [0.15, 0.2) is 42.6 Å². The lowest BCUT2D eigenvalue weighted by atomic mass is 9.82. The molecule has 1 aromatic heterocycles. The molecule has 0 aliphatic carbocycles. The van der Waals surface area contributed by atoms with E-state index in [0.29, 0.717) is 19.7 Å². The van der Waals surface area contributed by atoms with Gasteiger partial charge in [0.25, 0.3) is 0 Å². The van der Waals surface area contributed by atoms with E-state index in [2.05, 4.69) is 45.7 Å². The summed E-state index contributed by atoms with van der Waals surface area (Å²) >= 11 is 0. The summed E-state index contributed by atoms with van der Waals surface area (Å²) in [6, 6.07) is 12.3. The van der Waals surface area contributed by atoms with E-state index in [4.69, 9.17) is 4.74 Å². The smallest absolute Gasteiger partial charge is 0.325 e. The highest BCUT2D eigenvalue weighted by Gasteiger charge is 2.42. The first kappa shape index (κ1) is 17.5. The van der Waals surface area contributed by atoms with Gasteiger partial charge in [0.05, 0.1) is 23.5 Å². The summed E-state index contributed by atoms with van der Waals surface area (Å²) in [4.78, 5) is 25.5. The second-order valence-electron chi connectivity index (χ2n) is 6.94. The van der Waals surface area contributed by atoms with Crippen LogP contribution >= 0.6 is 0 Å². The van der Waals surface area contributed by atoms with Crippen molar-refractivity contribution in [2.75, 3.05) is 31.6 Å². The Kier molecular flexibility index (Phi) is 4.51. The van der Waals surface area contributed by atoms with E-state index < -0.39 is 5.97 Å². The molecule has 1 fully saturated rings. The molecule has 0 atom stereocenters. The molecule has 7 heteroatoms. The number of carbonyl (C=O) groups excluding carboxylic acids is 2. The molecule has 0 radical (unpaired) electrons. The van der Waals surface area contributed by atoms with Crippen molar-refractivity contribution in [1.29, 1.82) is 0 Å². The van der Waals surface area contributed by atoms with Crippen molar-refractivity contribution in [3.8, 4) is 5.69 Å². The van der Waals surface area contributed by atoms with Gasteiger partial charge in [0, 0.05) is 25.0 Å². The molecule has 0 unspecified atom stereocenters. The van der Waals surface area contributed by atoms with Crippen LogP contribution in [0.3, 0.4) is 0 Å². The number of para-hydroxylation sites is 2. The van der Waals surface area contributed by atoms with Crippen LogP contribution in [0, 0.1) is 0 Å². The molecule has 0 bridgehead atoms. The van der Waals surface area contributed by atoms with Crippen molar-refractivity contribution < 1.29 is 14.3 Å². The zero-order valence-corrected chi connectivity index (χ0v) is 15.4.